The number of ether oxygens (including phenoxy) is 1. The average molecular weight is 406 g/mol. The minimum atomic E-state index is -0.587. The average Bonchev–Trinajstić information content (AvgIpc) is 3.34. The highest BCUT2D eigenvalue weighted by Gasteiger charge is 2.25. The third kappa shape index (κ3) is 4.69. The Morgan fingerprint density at radius 3 is 2.93 bits per heavy atom. The number of furan rings is 1. The van der Waals surface area contributed by atoms with E-state index in [2.05, 4.69) is 20.5 Å². The molecule has 1 aromatic heterocycles. The van der Waals surface area contributed by atoms with Crippen LogP contribution in [0.5, 0.6) is 5.75 Å². The number of benzene rings is 1. The molecule has 0 spiro atoms. The van der Waals surface area contributed by atoms with E-state index in [0.29, 0.717) is 23.3 Å². The number of rotatable bonds is 6. The third-order valence-electron chi connectivity index (χ3n) is 4.57. The van der Waals surface area contributed by atoms with Crippen molar-refractivity contribution in [2.45, 2.75) is 19.0 Å². The molecule has 150 valence electrons. The van der Waals surface area contributed by atoms with Gasteiger partial charge in [0.2, 0.25) is 0 Å². The Labute approximate surface area is 168 Å². The molecule has 1 atom stereocenters. The molecule has 2 aromatic rings. The summed E-state index contributed by atoms with van der Waals surface area (Å²) < 4.78 is 10.8. The van der Waals surface area contributed by atoms with E-state index < -0.39 is 5.91 Å². The Balaban J connectivity index is 1.56. The van der Waals surface area contributed by atoms with E-state index in [9.17, 15) is 4.79 Å². The highest BCUT2D eigenvalue weighted by Crippen LogP contribution is 2.33. The minimum Gasteiger partial charge on any atom is -0.495 e. The standard InChI is InChI=1S/C19H24ClN5O3/c1-22-19(23-10-14-4-6-17(28-14)18(21)26)24-13-7-8-25(11-13)15-9-12(20)3-5-16(15)27-2/h3-6,9,13H,7-8,10-11H2,1-2H3,(H2,21,26)(H2,22,23,24). The van der Waals surface area contributed by atoms with Gasteiger partial charge in [0.1, 0.15) is 11.5 Å². The molecule has 3 rings (SSSR count). The van der Waals surface area contributed by atoms with Gasteiger partial charge >= 0.3 is 0 Å². The van der Waals surface area contributed by atoms with Gasteiger partial charge in [-0.15, -0.1) is 0 Å². The van der Waals surface area contributed by atoms with Crippen LogP contribution in [0.4, 0.5) is 5.69 Å². The van der Waals surface area contributed by atoms with Crippen molar-refractivity contribution in [3.63, 3.8) is 0 Å². The number of nitrogens with two attached hydrogens (primary N) is 1. The SMILES string of the molecule is CN=C(NCc1ccc(C(N)=O)o1)NC1CCN(c2cc(Cl)ccc2OC)C1. The molecule has 1 fully saturated rings. The van der Waals surface area contributed by atoms with Crippen LogP contribution in [-0.2, 0) is 6.54 Å². The van der Waals surface area contributed by atoms with Crippen LogP contribution in [0.1, 0.15) is 22.7 Å². The van der Waals surface area contributed by atoms with Gasteiger partial charge < -0.3 is 30.4 Å². The van der Waals surface area contributed by atoms with Crippen LogP contribution >= 0.6 is 11.6 Å². The first-order valence-corrected chi connectivity index (χ1v) is 9.32. The van der Waals surface area contributed by atoms with E-state index in [4.69, 9.17) is 26.5 Å². The Hall–Kier alpha value is -2.87. The Kier molecular flexibility index (Phi) is 6.30. The van der Waals surface area contributed by atoms with E-state index in [1.54, 1.807) is 26.3 Å². The summed E-state index contributed by atoms with van der Waals surface area (Å²) in [7, 11) is 3.36. The van der Waals surface area contributed by atoms with Crippen LogP contribution < -0.4 is 26.0 Å². The molecule has 1 aliphatic heterocycles. The number of halogens is 1. The van der Waals surface area contributed by atoms with Gasteiger partial charge in [0, 0.05) is 31.2 Å². The Morgan fingerprint density at radius 2 is 2.25 bits per heavy atom. The van der Waals surface area contributed by atoms with Crippen molar-refractivity contribution >= 4 is 29.2 Å². The fourth-order valence-electron chi connectivity index (χ4n) is 3.17. The van der Waals surface area contributed by atoms with Gasteiger partial charge in [0.25, 0.3) is 5.91 Å². The van der Waals surface area contributed by atoms with E-state index in [0.717, 1.165) is 30.9 Å². The number of guanidine groups is 1. The maximum absolute atomic E-state index is 11.1. The molecule has 1 aromatic carbocycles. The van der Waals surface area contributed by atoms with E-state index >= 15 is 0 Å². The van der Waals surface area contributed by atoms with Crippen LogP contribution in [0.2, 0.25) is 5.02 Å². The first-order chi connectivity index (χ1) is 13.5. The number of carbonyl (C=O) groups is 1. The van der Waals surface area contributed by atoms with E-state index in [1.807, 2.05) is 18.2 Å². The number of anilines is 1. The number of primary amides is 1. The summed E-state index contributed by atoms with van der Waals surface area (Å²) in [6.07, 6.45) is 0.947. The first-order valence-electron chi connectivity index (χ1n) is 8.94. The summed E-state index contributed by atoms with van der Waals surface area (Å²) in [6, 6.07) is 9.10. The molecule has 0 bridgehead atoms. The zero-order chi connectivity index (χ0) is 20.1. The second-order valence-electron chi connectivity index (χ2n) is 6.45. The lowest BCUT2D eigenvalue weighted by Gasteiger charge is -2.22. The molecule has 9 heteroatoms. The molecular weight excluding hydrogens is 382 g/mol. The normalized spacial score (nSPS) is 16.9. The number of carbonyl (C=O) groups excluding carboxylic acids is 1. The molecular formula is C19H24ClN5O3. The molecule has 0 saturated carbocycles. The molecule has 1 unspecified atom stereocenters. The summed E-state index contributed by atoms with van der Waals surface area (Å²) in [6.45, 7) is 2.07. The van der Waals surface area contributed by atoms with Crippen molar-refractivity contribution in [1.29, 1.82) is 0 Å². The van der Waals surface area contributed by atoms with Gasteiger partial charge in [0.15, 0.2) is 11.7 Å². The zero-order valence-electron chi connectivity index (χ0n) is 15.9. The lowest BCUT2D eigenvalue weighted by Crippen LogP contribution is -2.44. The van der Waals surface area contributed by atoms with Gasteiger partial charge in [-0.2, -0.15) is 0 Å². The number of amides is 1. The van der Waals surface area contributed by atoms with Crippen LogP contribution in [0.25, 0.3) is 0 Å². The number of nitrogens with one attached hydrogen (secondary N) is 2. The number of hydrogen-bond donors (Lipinski definition) is 3. The monoisotopic (exact) mass is 405 g/mol. The van der Waals surface area contributed by atoms with Crippen molar-refractivity contribution in [3.8, 4) is 5.75 Å². The van der Waals surface area contributed by atoms with Crippen molar-refractivity contribution < 1.29 is 13.9 Å². The maximum Gasteiger partial charge on any atom is 0.284 e. The fourth-order valence-corrected chi connectivity index (χ4v) is 3.34. The number of nitrogens with zero attached hydrogens (tertiary/aromatic N) is 2. The van der Waals surface area contributed by atoms with E-state index in [1.165, 1.54) is 0 Å². The summed E-state index contributed by atoms with van der Waals surface area (Å²) >= 11 is 6.15. The second-order valence-corrected chi connectivity index (χ2v) is 6.88. The summed E-state index contributed by atoms with van der Waals surface area (Å²) in [5.41, 5.74) is 6.18. The maximum atomic E-state index is 11.1. The first kappa shape index (κ1) is 19.9. The smallest absolute Gasteiger partial charge is 0.284 e. The largest absolute Gasteiger partial charge is 0.495 e. The highest BCUT2D eigenvalue weighted by atomic mass is 35.5. The summed E-state index contributed by atoms with van der Waals surface area (Å²) in [5.74, 6) is 1.61. The lowest BCUT2D eigenvalue weighted by atomic mass is 10.2. The quantitative estimate of drug-likeness (QED) is 0.501. The topological polar surface area (TPSA) is 105 Å². The molecule has 1 aliphatic rings. The second kappa shape index (κ2) is 8.88. The van der Waals surface area contributed by atoms with E-state index in [-0.39, 0.29) is 11.8 Å². The molecule has 1 amide bonds. The van der Waals surface area contributed by atoms with Crippen molar-refractivity contribution in [3.05, 3.63) is 46.9 Å². The number of hydrogen-bond acceptors (Lipinski definition) is 5. The Bertz CT molecular complexity index is 867. The molecule has 28 heavy (non-hydrogen) atoms. The molecule has 2 heterocycles. The van der Waals surface area contributed by atoms with Gasteiger partial charge in [-0.3, -0.25) is 9.79 Å². The molecule has 1 saturated heterocycles. The Morgan fingerprint density at radius 1 is 1.43 bits per heavy atom. The van der Waals surface area contributed by atoms with Crippen LogP contribution in [0.15, 0.2) is 39.7 Å². The molecule has 8 nitrogen and oxygen atoms in total. The van der Waals surface area contributed by atoms with Gasteiger partial charge in [-0.25, -0.2) is 0 Å². The van der Waals surface area contributed by atoms with Crippen molar-refractivity contribution in [2.24, 2.45) is 10.7 Å². The summed E-state index contributed by atoms with van der Waals surface area (Å²) in [4.78, 5) is 17.6. The van der Waals surface area contributed by atoms with Gasteiger partial charge in [-0.1, -0.05) is 11.6 Å². The lowest BCUT2D eigenvalue weighted by molar-refractivity contribution is 0.0972. The van der Waals surface area contributed by atoms with Crippen LogP contribution in [-0.4, -0.2) is 45.2 Å². The van der Waals surface area contributed by atoms with Crippen LogP contribution in [0, 0.1) is 0 Å². The van der Waals surface area contributed by atoms with Crippen LogP contribution in [0.3, 0.4) is 0 Å². The highest BCUT2D eigenvalue weighted by molar-refractivity contribution is 6.30. The minimum absolute atomic E-state index is 0.140. The molecule has 0 radical (unpaired) electrons. The van der Waals surface area contributed by atoms with Crippen molar-refractivity contribution in [1.82, 2.24) is 10.6 Å². The van der Waals surface area contributed by atoms with Gasteiger partial charge in [-0.05, 0) is 36.8 Å². The van der Waals surface area contributed by atoms with Gasteiger partial charge in [0.05, 0.1) is 19.3 Å². The number of methoxy groups -OCH3 is 1. The van der Waals surface area contributed by atoms with Crippen molar-refractivity contribution in [2.75, 3.05) is 32.1 Å². The number of aliphatic imine (C=N–C) groups is 1. The fraction of sp³-hybridized carbons (Fsp3) is 0.368. The predicted octanol–water partition coefficient (Wildman–Crippen LogP) is 1.98. The molecule has 4 N–H and O–H groups in total. The predicted molar refractivity (Wildman–Crippen MR) is 109 cm³/mol. The summed E-state index contributed by atoms with van der Waals surface area (Å²) in [5, 5.41) is 7.27. The third-order valence-corrected chi connectivity index (χ3v) is 4.80. The zero-order valence-corrected chi connectivity index (χ0v) is 16.6. The molecule has 0 aliphatic carbocycles.